The second kappa shape index (κ2) is 33.3. The van der Waals surface area contributed by atoms with Crippen molar-refractivity contribution >= 4 is 253 Å². The van der Waals surface area contributed by atoms with E-state index in [9.17, 15) is 120 Å². The Kier molecular flexibility index (Phi) is 34.8. The van der Waals surface area contributed by atoms with Gasteiger partial charge in [0.05, 0.1) is 0 Å². The normalized spacial score (nSPS) is 10.4. The molecule has 0 saturated carbocycles. The molecule has 0 amide bonds. The van der Waals surface area contributed by atoms with Gasteiger partial charge in [0.1, 0.15) is 0 Å². The molecular formula is C6H22O31Si32. The third-order valence-electron chi connectivity index (χ3n) is 7.03. The molecule has 63 heteroatoms. The van der Waals surface area contributed by atoms with Gasteiger partial charge in [0.25, 0.3) is 0 Å². The summed E-state index contributed by atoms with van der Waals surface area (Å²) < 4.78 is 369. The van der Waals surface area contributed by atoms with Gasteiger partial charge in [0.2, 0.25) is 17.1 Å². The van der Waals surface area contributed by atoms with Gasteiger partial charge >= 0.3 is 218 Å². The summed E-state index contributed by atoms with van der Waals surface area (Å²) in [6, 6.07) is 0. The fourth-order valence-electron chi connectivity index (χ4n) is 3.83. The monoisotopic (exact) mass is 1490 g/mol. The van der Waals surface area contributed by atoms with Crippen molar-refractivity contribution in [1.82, 2.24) is 0 Å². The maximum Gasteiger partial charge on any atom is 0.549 e. The van der Waals surface area contributed by atoms with Crippen molar-refractivity contribution in [2.75, 3.05) is 0 Å². The SMILES string of the molecule is C[SiH](C)O[SiH2][Si](=O)[Si](=O)[Si](=O)[Si](=O)[Si](=O)[Si](=O)[Si](=O)[Si](=O)[Si](=O)[Si](=O)[Si](=O)[Si](=O)[Si](=O)[Si](=O)[Si](=O)[Si](=O)[Si](=O)[Si](=O)[Si](=O)[Si](=O)[Si](=O)[Si](=O)[Si](=O)[Si](=O)[Si](=O)[Si](=O)[Si](=O)[Si](C)(C)O[SiH](C)C.O=[Si]=O. The highest BCUT2D eigenvalue weighted by molar-refractivity contribution is 7.84. The van der Waals surface area contributed by atoms with E-state index in [4.69, 9.17) is 17.2 Å². The molecule has 0 aromatic carbocycles. The fourth-order valence-corrected chi connectivity index (χ4v) is 350. The van der Waals surface area contributed by atoms with Crippen LogP contribution in [0.5, 0.6) is 0 Å². The van der Waals surface area contributed by atoms with Gasteiger partial charge in [-0.2, -0.15) is 0 Å². The maximum atomic E-state index is 12.8. The van der Waals surface area contributed by atoms with E-state index in [2.05, 4.69) is 0 Å². The lowest BCUT2D eigenvalue weighted by Gasteiger charge is -2.21. The second-order valence-electron chi connectivity index (χ2n) is 13.1. The van der Waals surface area contributed by atoms with Crippen molar-refractivity contribution in [2.24, 2.45) is 0 Å². The minimum Gasteiger partial charge on any atom is -0.460 e. The van der Waals surface area contributed by atoms with Crippen molar-refractivity contribution in [3.05, 3.63) is 0 Å². The maximum absolute atomic E-state index is 12.8. The zero-order valence-electron chi connectivity index (χ0n) is 35.0. The van der Waals surface area contributed by atoms with E-state index < -0.39 is 253 Å². The molecule has 31 nitrogen and oxygen atoms in total. The predicted octanol–water partition coefficient (Wildman–Crippen LogP) is -13.3. The van der Waals surface area contributed by atoms with Crippen LogP contribution in [0.4, 0.5) is 0 Å². The zero-order valence-corrected chi connectivity index (χ0v) is 67.7. The summed E-state index contributed by atoms with van der Waals surface area (Å²) in [5, 5.41) is 0. The first-order chi connectivity index (χ1) is 31.3. The van der Waals surface area contributed by atoms with Crippen LogP contribution in [0.3, 0.4) is 0 Å². The Morgan fingerprint density at radius 2 is 0.464 bits per heavy atom. The average molecular weight is 1490 g/mol. The molecule has 0 spiro atoms. The van der Waals surface area contributed by atoms with E-state index in [0.29, 0.717) is 0 Å². The molecule has 0 aliphatic carbocycles. The first-order valence-corrected chi connectivity index (χ1v) is 94.5. The quantitative estimate of drug-likeness (QED) is 0.0564. The first-order valence-electron chi connectivity index (χ1n) is 17.3. The Bertz CT molecular complexity index is 2720. The third-order valence-corrected chi connectivity index (χ3v) is 240. The molecule has 0 bridgehead atoms. The standard InChI is InChI=1S/C6H22O29Si31.O2Si/c1-37(2)34-36-39(7)40(8)41(9)42(10)43(11)44(12)45(13)46(14)47(15)48(16)49(17)50(18)51(19)52(20)53(21)54(22)55(23)56(24)57(25)58(26)59(27)60(28)61(29)62(30)63(31)64(32)65(33)66(5,6)35-38(3)4;1-3-2/h37-38H,36H2,1-6H3;. The van der Waals surface area contributed by atoms with Crippen LogP contribution < -0.4 is 0 Å². The number of rotatable bonds is 32. The van der Waals surface area contributed by atoms with E-state index >= 15 is 0 Å². The lowest BCUT2D eigenvalue weighted by molar-refractivity contribution is 0.497. The number of hydrogen-bond acceptors (Lipinski definition) is 31. The van der Waals surface area contributed by atoms with Crippen molar-refractivity contribution < 1.29 is 138 Å². The van der Waals surface area contributed by atoms with Crippen LogP contribution in [0.1, 0.15) is 0 Å². The molecule has 0 atom stereocenters. The van der Waals surface area contributed by atoms with Crippen molar-refractivity contribution in [2.45, 2.75) is 39.3 Å². The molecule has 0 unspecified atom stereocenters. The Hall–Kier alpha value is 1.06. The van der Waals surface area contributed by atoms with Gasteiger partial charge in [-0.1, -0.05) is 0 Å². The van der Waals surface area contributed by atoms with E-state index in [1.807, 2.05) is 0 Å². The lowest BCUT2D eigenvalue weighted by Crippen LogP contribution is -2.58. The number of hydrogen-bond donors (Lipinski definition) is 0. The average Bonchev–Trinajstić information content (AvgIpc) is 3.31. The molecule has 0 N–H and O–H groups in total. The summed E-state index contributed by atoms with van der Waals surface area (Å²) in [5.41, 5.74) is 0. The third kappa shape index (κ3) is 21.2. The van der Waals surface area contributed by atoms with Gasteiger partial charge < -0.3 is 129 Å². The minimum atomic E-state index is -4.65. The van der Waals surface area contributed by atoms with E-state index in [0.717, 1.165) is 0 Å². The molecule has 0 aliphatic heterocycles. The molecule has 0 aliphatic rings. The van der Waals surface area contributed by atoms with Gasteiger partial charge in [-0.05, 0) is 39.3 Å². The van der Waals surface area contributed by atoms with Gasteiger partial charge in [0, 0.05) is 0 Å². The molecule has 69 heavy (non-hydrogen) atoms. The molecule has 0 rings (SSSR count). The van der Waals surface area contributed by atoms with Crippen LogP contribution in [0.25, 0.3) is 0 Å². The molecular weight excluding hydrogens is 1470 g/mol. The predicted molar refractivity (Wildman–Crippen MR) is 247 cm³/mol. The van der Waals surface area contributed by atoms with Gasteiger partial charge in [-0.15, -0.1) is 0 Å². The van der Waals surface area contributed by atoms with Crippen LogP contribution in [0.15, 0.2) is 0 Å². The van der Waals surface area contributed by atoms with Crippen molar-refractivity contribution in [1.29, 1.82) is 0 Å². The summed E-state index contributed by atoms with van der Waals surface area (Å²) >= 11 is 0. The zero-order chi connectivity index (χ0) is 55.1. The Morgan fingerprint density at radius 1 is 0.304 bits per heavy atom. The summed E-state index contributed by atoms with van der Waals surface area (Å²) in [4.78, 5) is 0. The molecule has 0 radical (unpaired) electrons. The van der Waals surface area contributed by atoms with Gasteiger partial charge in [-0.25, -0.2) is 0 Å². The van der Waals surface area contributed by atoms with Gasteiger partial charge in [-0.3, -0.25) is 8.92 Å². The molecule has 360 valence electrons. The molecule has 0 aromatic heterocycles. The topological polar surface area (TPSA) is 513 Å². The van der Waals surface area contributed by atoms with Crippen LogP contribution in [0.2, 0.25) is 39.3 Å². The van der Waals surface area contributed by atoms with E-state index in [1.165, 1.54) is 13.1 Å². The Morgan fingerprint density at radius 3 is 0.623 bits per heavy atom. The van der Waals surface area contributed by atoms with E-state index in [-0.39, 0.29) is 0 Å². The summed E-state index contributed by atoms with van der Waals surface area (Å²) in [5.74, 6) is 0. The fraction of sp³-hybridized carbons (Fsp3) is 1.00. The minimum absolute atomic E-state index is 1.37. The summed E-state index contributed by atoms with van der Waals surface area (Å²) in [7, 11) is -127. The van der Waals surface area contributed by atoms with Crippen LogP contribution >= 0.6 is 0 Å². The molecule has 0 saturated heterocycles. The Labute approximate surface area is 425 Å². The molecule has 0 fully saturated rings. The summed E-state index contributed by atoms with van der Waals surface area (Å²) in [6.07, 6.45) is 0. The van der Waals surface area contributed by atoms with E-state index in [1.54, 1.807) is 26.2 Å². The lowest BCUT2D eigenvalue weighted by atomic mass is 11.9. The highest BCUT2D eigenvalue weighted by Gasteiger charge is 2.58. The van der Waals surface area contributed by atoms with Crippen molar-refractivity contribution in [3.8, 4) is 0 Å². The highest BCUT2D eigenvalue weighted by atomic mass is 30.1. The molecule has 0 heterocycles. The first kappa shape index (κ1) is 72.1. The Balaban J connectivity index is 0. The van der Waals surface area contributed by atoms with Gasteiger partial charge in [0.15, 0.2) is 18.1 Å². The van der Waals surface area contributed by atoms with Crippen LogP contribution in [-0.4, -0.2) is 253 Å². The smallest absolute Gasteiger partial charge is 0.460 e. The van der Waals surface area contributed by atoms with Crippen molar-refractivity contribution in [3.63, 3.8) is 0 Å². The van der Waals surface area contributed by atoms with Crippen LogP contribution in [0, 0.1) is 0 Å². The second-order valence-corrected chi connectivity index (χ2v) is 161. The summed E-state index contributed by atoms with van der Waals surface area (Å²) in [6.45, 7) is 9.40. The highest BCUT2D eigenvalue weighted by Crippen LogP contribution is 2.07. The van der Waals surface area contributed by atoms with Crippen LogP contribution in [-0.2, 0) is 138 Å². The largest absolute Gasteiger partial charge is 0.549 e. The molecule has 0 aromatic rings.